The standard InChI is InChI=1S/C7H5ClFNO/c8-10-7(11)5-1-3-6(9)4-2-5/h1-4H,(H,10,11). The summed E-state index contributed by atoms with van der Waals surface area (Å²) in [5, 5.41) is 0. The van der Waals surface area contributed by atoms with E-state index in [1.54, 1.807) is 0 Å². The summed E-state index contributed by atoms with van der Waals surface area (Å²) in [6.07, 6.45) is 0. The van der Waals surface area contributed by atoms with E-state index in [0.717, 1.165) is 0 Å². The first-order valence-electron chi connectivity index (χ1n) is 2.90. The molecule has 1 aromatic rings. The summed E-state index contributed by atoms with van der Waals surface area (Å²) in [7, 11) is 0. The quantitative estimate of drug-likeness (QED) is 0.644. The lowest BCUT2D eigenvalue weighted by atomic mass is 10.2. The van der Waals surface area contributed by atoms with Crippen LogP contribution in [-0.2, 0) is 0 Å². The molecule has 4 heteroatoms. The van der Waals surface area contributed by atoms with Crippen LogP contribution in [0.5, 0.6) is 0 Å². The zero-order valence-electron chi connectivity index (χ0n) is 5.47. The number of hydrogen-bond acceptors (Lipinski definition) is 1. The minimum atomic E-state index is -0.438. The highest BCUT2D eigenvalue weighted by Crippen LogP contribution is 2.02. The van der Waals surface area contributed by atoms with Gasteiger partial charge in [0.25, 0.3) is 5.91 Å². The van der Waals surface area contributed by atoms with Crippen LogP contribution in [0.4, 0.5) is 4.39 Å². The largest absolute Gasteiger partial charge is 0.268 e. The molecule has 1 aromatic carbocycles. The van der Waals surface area contributed by atoms with Gasteiger partial charge in [0.15, 0.2) is 0 Å². The van der Waals surface area contributed by atoms with Gasteiger partial charge < -0.3 is 0 Å². The zero-order chi connectivity index (χ0) is 8.27. The van der Waals surface area contributed by atoms with Gasteiger partial charge in [-0.25, -0.2) is 4.39 Å². The summed E-state index contributed by atoms with van der Waals surface area (Å²) in [6.45, 7) is 0. The average Bonchev–Trinajstić information content (AvgIpc) is 2.05. The molecule has 0 spiro atoms. The molecule has 0 aliphatic rings. The van der Waals surface area contributed by atoms with Gasteiger partial charge in [-0.1, -0.05) is 0 Å². The summed E-state index contributed by atoms with van der Waals surface area (Å²) in [5.41, 5.74) is 0.335. The first-order valence-corrected chi connectivity index (χ1v) is 3.28. The van der Waals surface area contributed by atoms with Crippen LogP contribution in [0.1, 0.15) is 10.4 Å². The highest BCUT2D eigenvalue weighted by Gasteiger charge is 2.01. The van der Waals surface area contributed by atoms with Crippen molar-refractivity contribution in [2.24, 2.45) is 0 Å². The third-order valence-electron chi connectivity index (χ3n) is 1.19. The molecule has 0 fully saturated rings. The molecule has 11 heavy (non-hydrogen) atoms. The van der Waals surface area contributed by atoms with E-state index in [9.17, 15) is 9.18 Å². The van der Waals surface area contributed by atoms with Gasteiger partial charge in [0, 0.05) is 17.3 Å². The van der Waals surface area contributed by atoms with Gasteiger partial charge in [-0.05, 0) is 24.3 Å². The second kappa shape index (κ2) is 3.34. The molecule has 0 unspecified atom stereocenters. The van der Waals surface area contributed by atoms with Crippen molar-refractivity contribution < 1.29 is 9.18 Å². The first kappa shape index (κ1) is 8.01. The number of benzene rings is 1. The van der Waals surface area contributed by atoms with Gasteiger partial charge >= 0.3 is 0 Å². The SMILES string of the molecule is O=C(NCl)c1ccc(F)cc1. The smallest absolute Gasteiger partial charge is 0.265 e. The Kier molecular flexibility index (Phi) is 2.44. The minimum Gasteiger partial charge on any atom is -0.268 e. The Morgan fingerprint density at radius 3 is 2.36 bits per heavy atom. The number of rotatable bonds is 1. The number of carbonyl (C=O) groups excluding carboxylic acids is 1. The van der Waals surface area contributed by atoms with Gasteiger partial charge in [0.1, 0.15) is 5.82 Å². The lowest BCUT2D eigenvalue weighted by Gasteiger charge is -1.95. The summed E-state index contributed by atoms with van der Waals surface area (Å²) < 4.78 is 12.3. The summed E-state index contributed by atoms with van der Waals surface area (Å²) in [4.78, 5) is 12.7. The predicted molar refractivity (Wildman–Crippen MR) is 39.7 cm³/mol. The minimum absolute atomic E-state index is 0.335. The molecule has 0 aromatic heterocycles. The Labute approximate surface area is 68.1 Å². The van der Waals surface area contributed by atoms with E-state index < -0.39 is 5.91 Å². The van der Waals surface area contributed by atoms with E-state index in [-0.39, 0.29) is 5.82 Å². The Morgan fingerprint density at radius 2 is 1.91 bits per heavy atom. The number of hydrogen-bond donors (Lipinski definition) is 1. The van der Waals surface area contributed by atoms with Crippen molar-refractivity contribution in [3.8, 4) is 0 Å². The van der Waals surface area contributed by atoms with E-state index in [1.807, 2.05) is 4.84 Å². The molecule has 0 aliphatic heterocycles. The van der Waals surface area contributed by atoms with Crippen LogP contribution in [0.25, 0.3) is 0 Å². The first-order chi connectivity index (χ1) is 5.24. The van der Waals surface area contributed by atoms with Crippen LogP contribution in [-0.4, -0.2) is 5.91 Å². The van der Waals surface area contributed by atoms with Gasteiger partial charge in [-0.2, -0.15) is 0 Å². The van der Waals surface area contributed by atoms with Crippen LogP contribution in [0.3, 0.4) is 0 Å². The number of halogens is 2. The van der Waals surface area contributed by atoms with Crippen molar-refractivity contribution in [1.82, 2.24) is 4.84 Å². The van der Waals surface area contributed by atoms with Crippen LogP contribution >= 0.6 is 11.8 Å². The fourth-order valence-corrected chi connectivity index (χ4v) is 0.765. The molecule has 1 amide bonds. The van der Waals surface area contributed by atoms with Crippen LogP contribution in [0.2, 0.25) is 0 Å². The van der Waals surface area contributed by atoms with E-state index in [0.29, 0.717) is 5.56 Å². The maximum absolute atomic E-state index is 12.3. The highest BCUT2D eigenvalue weighted by molar-refractivity contribution is 6.24. The normalized spacial score (nSPS) is 9.27. The Hall–Kier alpha value is -1.09. The van der Waals surface area contributed by atoms with Gasteiger partial charge in [-0.15, -0.1) is 0 Å². The Bertz CT molecular complexity index is 260. The molecule has 1 rings (SSSR count). The molecular formula is C7H5ClFNO. The van der Waals surface area contributed by atoms with Crippen LogP contribution < -0.4 is 4.84 Å². The molecule has 0 atom stereocenters. The fraction of sp³-hybridized carbons (Fsp3) is 0. The van der Waals surface area contributed by atoms with Crippen LogP contribution in [0, 0.1) is 5.82 Å². The van der Waals surface area contributed by atoms with Crippen molar-refractivity contribution in [2.75, 3.05) is 0 Å². The number of nitrogens with one attached hydrogen (secondary N) is 1. The Morgan fingerprint density at radius 1 is 1.36 bits per heavy atom. The number of carbonyl (C=O) groups is 1. The lowest BCUT2D eigenvalue weighted by molar-refractivity contribution is 0.0982. The monoisotopic (exact) mass is 173 g/mol. The third-order valence-corrected chi connectivity index (χ3v) is 1.36. The van der Waals surface area contributed by atoms with Gasteiger partial charge in [0.2, 0.25) is 0 Å². The van der Waals surface area contributed by atoms with Crippen molar-refractivity contribution >= 4 is 17.7 Å². The summed E-state index contributed by atoms with van der Waals surface area (Å²) in [6, 6.07) is 5.10. The number of amides is 1. The van der Waals surface area contributed by atoms with Crippen molar-refractivity contribution in [3.05, 3.63) is 35.6 Å². The van der Waals surface area contributed by atoms with E-state index in [1.165, 1.54) is 24.3 Å². The second-order valence-electron chi connectivity index (χ2n) is 1.93. The molecule has 0 radical (unpaired) electrons. The topological polar surface area (TPSA) is 29.1 Å². The highest BCUT2D eigenvalue weighted by atomic mass is 35.5. The molecule has 0 saturated heterocycles. The molecule has 0 heterocycles. The molecule has 0 saturated carbocycles. The third kappa shape index (κ3) is 1.91. The molecule has 0 bridgehead atoms. The predicted octanol–water partition coefficient (Wildman–Crippen LogP) is 1.71. The van der Waals surface area contributed by atoms with Gasteiger partial charge in [0.05, 0.1) is 0 Å². The average molecular weight is 174 g/mol. The van der Waals surface area contributed by atoms with E-state index in [4.69, 9.17) is 11.8 Å². The molecule has 1 N–H and O–H groups in total. The van der Waals surface area contributed by atoms with Crippen molar-refractivity contribution in [3.63, 3.8) is 0 Å². The maximum Gasteiger partial charge on any atom is 0.265 e. The van der Waals surface area contributed by atoms with Crippen molar-refractivity contribution in [1.29, 1.82) is 0 Å². The Balaban J connectivity index is 2.90. The lowest BCUT2D eigenvalue weighted by Crippen LogP contribution is -2.11. The fourth-order valence-electron chi connectivity index (χ4n) is 0.656. The maximum atomic E-state index is 12.3. The van der Waals surface area contributed by atoms with Gasteiger partial charge in [-0.3, -0.25) is 9.63 Å². The van der Waals surface area contributed by atoms with Crippen LogP contribution in [0.15, 0.2) is 24.3 Å². The molecule has 58 valence electrons. The molecule has 0 aliphatic carbocycles. The van der Waals surface area contributed by atoms with Crippen molar-refractivity contribution in [2.45, 2.75) is 0 Å². The summed E-state index contributed by atoms with van der Waals surface area (Å²) in [5.74, 6) is -0.817. The summed E-state index contributed by atoms with van der Waals surface area (Å²) >= 11 is 5.03. The van der Waals surface area contributed by atoms with E-state index >= 15 is 0 Å². The zero-order valence-corrected chi connectivity index (χ0v) is 6.23. The second-order valence-corrected chi connectivity index (χ2v) is 2.12. The molecular weight excluding hydrogens is 169 g/mol. The molecule has 2 nitrogen and oxygen atoms in total. The van der Waals surface area contributed by atoms with E-state index in [2.05, 4.69) is 0 Å².